The van der Waals surface area contributed by atoms with Crippen LogP contribution in [0.25, 0.3) is 0 Å². The molecule has 0 aliphatic carbocycles. The number of hydrogen-bond donors (Lipinski definition) is 2. The number of carbonyl (C=O) groups is 2. The molecule has 7 rings (SSSR count). The maximum Gasteiger partial charge on any atom is 0.410 e. The van der Waals surface area contributed by atoms with Gasteiger partial charge in [-0.05, 0) is 208 Å². The predicted octanol–water partition coefficient (Wildman–Crippen LogP) is 14.1. The van der Waals surface area contributed by atoms with Crippen molar-refractivity contribution in [1.82, 2.24) is 15.1 Å². The molecule has 3 aliphatic heterocycles. The number of halogens is 4. The van der Waals surface area contributed by atoms with Crippen LogP contribution in [0.5, 0.6) is 0 Å². The number of hydrogen-bond acceptors (Lipinski definition) is 11. The normalized spacial score (nSPS) is 16.3. The standard InChI is InChI=1S/C17H24BrNO4S.C17H24BrNO2S.C12H16BrNO2S.C6H5BrS.H/c1-17(2,3)23-16(20)19-10-8-13(9-11-19)12-24(21,22)15-6-4-14(18)5-7-15;1-17(2,3)21-16(20)19-10-8-13(9-11-19)12-22-15-6-4-14(18)5-7-15;13-11-1-3-12(4-2-11)17(15,16)9-10-5-7-14-8-6-10;7-5-1-3-6(8)4-2-5;/h4-7,13H,8-12H2,1-3H3;4-7,13H,8-12H2,1-3H3;1-4,10,14H,5-9H2;1-4,8H;/q;;;;-1/i;;;;1+1. The third-order valence-corrected chi connectivity index (χ3v) is 18.8. The summed E-state index contributed by atoms with van der Waals surface area (Å²) in [6.45, 7) is 15.8. The Kier molecular flexibility index (Phi) is 25.3. The maximum atomic E-state index is 12.5. The van der Waals surface area contributed by atoms with Crippen molar-refractivity contribution in [2.24, 2.45) is 17.8 Å². The van der Waals surface area contributed by atoms with Gasteiger partial charge in [0.25, 0.3) is 0 Å². The van der Waals surface area contributed by atoms with Crippen LogP contribution in [0.2, 0.25) is 0 Å². The quantitative estimate of drug-likeness (QED) is 0.123. The van der Waals surface area contributed by atoms with E-state index in [1.165, 1.54) is 4.90 Å². The number of carbonyl (C=O) groups excluding carboxylic acids is 2. The first-order valence-electron chi connectivity index (χ1n) is 23.7. The van der Waals surface area contributed by atoms with Crippen LogP contribution < -0.4 is 5.32 Å². The third kappa shape index (κ3) is 24.0. The number of nitrogens with one attached hydrogen (secondary N) is 1. The summed E-state index contributed by atoms with van der Waals surface area (Å²) in [7, 11) is -6.42. The summed E-state index contributed by atoms with van der Waals surface area (Å²) >= 11 is 19.4. The van der Waals surface area contributed by atoms with E-state index in [2.05, 4.69) is 106 Å². The SMILES string of the molecule is CC(C)(C)OC(=O)N1CCC(CS(=O)(=O)c2ccc(Br)cc2)CC1.CC(C)(C)OC(=O)N1CCC(CSc2ccc(Br)cc2)CC1.O=S(=O)(CC1CCNCC1)c1ccc(Br)cc1.Sc1ccc(Br)cc1.[2H-]. The molecule has 394 valence electrons. The van der Waals surface area contributed by atoms with Crippen LogP contribution in [0.1, 0.15) is 81.5 Å². The van der Waals surface area contributed by atoms with Crippen LogP contribution in [0.4, 0.5) is 9.59 Å². The van der Waals surface area contributed by atoms with Gasteiger partial charge in [0.15, 0.2) is 19.7 Å². The van der Waals surface area contributed by atoms with Crippen LogP contribution >= 0.6 is 88.1 Å². The molecule has 0 bridgehead atoms. The number of amides is 2. The highest BCUT2D eigenvalue weighted by molar-refractivity contribution is 9.11. The van der Waals surface area contributed by atoms with Gasteiger partial charge in [-0.2, -0.15) is 0 Å². The molecule has 3 saturated heterocycles. The van der Waals surface area contributed by atoms with Crippen molar-refractivity contribution in [1.29, 1.82) is 0 Å². The number of piperidine rings is 3. The monoisotopic (exact) mass is 1310 g/mol. The molecule has 3 aliphatic rings. The van der Waals surface area contributed by atoms with Crippen molar-refractivity contribution in [3.63, 3.8) is 0 Å². The van der Waals surface area contributed by atoms with Gasteiger partial charge >= 0.3 is 12.2 Å². The lowest BCUT2D eigenvalue weighted by atomic mass is 9.99. The fourth-order valence-corrected chi connectivity index (χ4v) is 13.2. The molecule has 0 atom stereocenters. The summed E-state index contributed by atoms with van der Waals surface area (Å²) in [5.41, 5.74) is -0.926. The lowest BCUT2D eigenvalue weighted by Crippen LogP contribution is -2.42. The Labute approximate surface area is 468 Å². The van der Waals surface area contributed by atoms with Crippen molar-refractivity contribution in [3.8, 4) is 0 Å². The maximum absolute atomic E-state index is 12.5. The lowest BCUT2D eigenvalue weighted by molar-refractivity contribution is 0.0180. The largest absolute Gasteiger partial charge is 1.00 e. The van der Waals surface area contributed by atoms with Crippen molar-refractivity contribution in [2.75, 3.05) is 56.5 Å². The highest BCUT2D eigenvalue weighted by atomic mass is 79.9. The van der Waals surface area contributed by atoms with Crippen molar-refractivity contribution in [2.45, 2.75) is 111 Å². The molecule has 3 fully saturated rings. The van der Waals surface area contributed by atoms with E-state index in [0.29, 0.717) is 47.6 Å². The molecule has 71 heavy (non-hydrogen) atoms. The zero-order valence-electron chi connectivity index (χ0n) is 42.4. The van der Waals surface area contributed by atoms with Gasteiger partial charge in [0.2, 0.25) is 0 Å². The van der Waals surface area contributed by atoms with E-state index in [-0.39, 0.29) is 31.0 Å². The number of nitrogens with zero attached hydrogens (tertiary/aromatic N) is 2. The van der Waals surface area contributed by atoms with E-state index in [9.17, 15) is 26.4 Å². The van der Waals surface area contributed by atoms with Gasteiger partial charge in [-0.3, -0.25) is 0 Å². The summed E-state index contributed by atoms with van der Waals surface area (Å²) in [5.74, 6) is 2.55. The second kappa shape index (κ2) is 29.3. The number of likely N-dealkylation sites (tertiary alicyclic amines) is 2. The second-order valence-corrected chi connectivity index (χ2v) is 29.1. The van der Waals surface area contributed by atoms with E-state index >= 15 is 0 Å². The highest BCUT2D eigenvalue weighted by Crippen LogP contribution is 2.29. The first kappa shape index (κ1) is 61.4. The fraction of sp³-hybridized carbons (Fsp3) is 0.500. The number of ether oxygens (including phenoxy) is 2. The van der Waals surface area contributed by atoms with Gasteiger partial charge in [-0.25, -0.2) is 26.4 Å². The Morgan fingerprint density at radius 1 is 0.563 bits per heavy atom. The van der Waals surface area contributed by atoms with Gasteiger partial charge in [-0.15, -0.1) is 24.4 Å². The van der Waals surface area contributed by atoms with Gasteiger partial charge in [0.05, 0.1) is 21.3 Å². The first-order chi connectivity index (χ1) is 33.3. The van der Waals surface area contributed by atoms with Gasteiger partial charge in [0, 0.05) is 59.6 Å². The second-order valence-electron chi connectivity index (χ2n) is 19.7. The zero-order chi connectivity index (χ0) is 52.4. The van der Waals surface area contributed by atoms with E-state index < -0.39 is 30.9 Å². The van der Waals surface area contributed by atoms with Crippen LogP contribution in [-0.4, -0.2) is 107 Å². The van der Waals surface area contributed by atoms with Crippen LogP contribution in [-0.2, 0) is 29.1 Å². The minimum Gasteiger partial charge on any atom is -1.00 e. The number of sulfone groups is 2. The highest BCUT2D eigenvalue weighted by Gasteiger charge is 2.30. The molecular formula is C52H70Br4N3O8S4-. The van der Waals surface area contributed by atoms with Crippen molar-refractivity contribution in [3.05, 3.63) is 115 Å². The molecule has 0 spiro atoms. The molecule has 1 N–H and O–H groups in total. The third-order valence-electron chi connectivity index (χ3n) is 11.4. The first-order valence-corrected chi connectivity index (χ1v) is 31.6. The summed E-state index contributed by atoms with van der Waals surface area (Å²) in [5, 5.41) is 3.25. The number of benzene rings is 4. The molecule has 4 aromatic carbocycles. The van der Waals surface area contributed by atoms with Crippen molar-refractivity contribution >= 4 is 120 Å². The van der Waals surface area contributed by atoms with Crippen molar-refractivity contribution < 1.29 is 37.3 Å². The number of thiol groups is 1. The molecule has 0 aromatic heterocycles. The van der Waals surface area contributed by atoms with Gasteiger partial charge < -0.3 is 26.0 Å². The average Bonchev–Trinajstić information content (AvgIpc) is 3.30. The Balaban J connectivity index is 0.000000265. The van der Waals surface area contributed by atoms with E-state index in [1.54, 1.807) is 53.4 Å². The summed E-state index contributed by atoms with van der Waals surface area (Å²) in [6, 6.07) is 29.8. The van der Waals surface area contributed by atoms with Crippen LogP contribution in [0.3, 0.4) is 0 Å². The minimum absolute atomic E-state index is 0. The number of thioether (sulfide) groups is 1. The molecule has 0 saturated carbocycles. The van der Waals surface area contributed by atoms with E-state index in [0.717, 1.165) is 80.4 Å². The number of rotatable bonds is 9. The molecule has 0 radical (unpaired) electrons. The fourth-order valence-electron chi connectivity index (χ4n) is 7.55. The van der Waals surface area contributed by atoms with E-state index in [4.69, 9.17) is 9.47 Å². The summed E-state index contributed by atoms with van der Waals surface area (Å²) in [4.78, 5) is 30.6. The Morgan fingerprint density at radius 3 is 1.24 bits per heavy atom. The van der Waals surface area contributed by atoms with Gasteiger partial charge in [0.1, 0.15) is 11.2 Å². The Hall–Kier alpha value is -2.10. The topological polar surface area (TPSA) is 139 Å². The van der Waals surface area contributed by atoms with Crippen LogP contribution in [0.15, 0.2) is 135 Å². The zero-order valence-corrected chi connectivity index (χ0v) is 51.1. The minimum atomic E-state index is -3.30. The molecular weight excluding hydrogens is 1240 g/mol. The van der Waals surface area contributed by atoms with Gasteiger partial charge in [-0.1, -0.05) is 63.7 Å². The smallest absolute Gasteiger partial charge is 0.410 e. The predicted molar refractivity (Wildman–Crippen MR) is 306 cm³/mol. The molecule has 4 aromatic rings. The molecule has 11 nitrogen and oxygen atoms in total. The van der Waals surface area contributed by atoms with Crippen LogP contribution in [0, 0.1) is 17.8 Å². The average molecular weight is 1310 g/mol. The summed E-state index contributed by atoms with van der Waals surface area (Å²) < 4.78 is 64.1. The Bertz CT molecular complexity index is 2460. The molecule has 19 heteroatoms. The molecule has 2 amide bonds. The summed E-state index contributed by atoms with van der Waals surface area (Å²) in [6.07, 6.45) is 4.88. The lowest BCUT2D eigenvalue weighted by Gasteiger charge is -2.33. The Morgan fingerprint density at radius 2 is 0.887 bits per heavy atom. The molecule has 3 heterocycles. The van der Waals surface area contributed by atoms with E-state index in [1.807, 2.05) is 82.5 Å². The molecule has 0 unspecified atom stereocenters.